The number of allylic oxidation sites excluding steroid dienone is 9. The first-order chi connectivity index (χ1) is 30.0. The van der Waals surface area contributed by atoms with Gasteiger partial charge in [0.25, 0.3) is 10.0 Å². The SMILES string of the molecule is CC1=C(/C=C/C(C)=C/C=C/C(C)=C/C(=O)O)C(C)(C)CCC1.Cc1cc(NS(=O)(=O)c2ccc(N)cc2)no1.Fc1ccc([C@@H]2CCNC[C@H]2COc2ccc3c(c2)OCO3)cc1. The van der Waals surface area contributed by atoms with Gasteiger partial charge in [-0.05, 0) is 136 Å². The number of halogens is 1. The van der Waals surface area contributed by atoms with Crippen LogP contribution in [-0.2, 0) is 14.8 Å². The lowest BCUT2D eigenvalue weighted by Gasteiger charge is -2.32. The molecule has 0 saturated carbocycles. The smallest absolute Gasteiger partial charge is 0.328 e. The van der Waals surface area contributed by atoms with Crippen LogP contribution in [0, 0.1) is 24.1 Å². The fraction of sp³-hybridized carbons (Fsp3) is 0.347. The number of anilines is 2. The van der Waals surface area contributed by atoms with E-state index in [1.54, 1.807) is 19.9 Å². The number of nitrogens with zero attached hydrogens (tertiary/aromatic N) is 1. The summed E-state index contributed by atoms with van der Waals surface area (Å²) < 4.78 is 60.7. The Labute approximate surface area is 370 Å². The standard InChI is InChI=1S/C20H28O2.C19H20FNO3.C10H11N3O3S/c1-15(8-6-9-16(2)14-19(21)22)11-12-18-17(3)10-7-13-20(18,4)5;20-15-3-1-13(2-4-15)17-7-8-21-10-14(17)11-22-16-5-6-18-19(9-16)24-12-23-18;1-7-6-10(12-16-7)13-17(14,15)9-4-2-8(11)3-5-9/h6,8-9,11-12,14H,7,10,13H2,1-5H3,(H,21,22);1-6,9,14,17,21H,7-8,10-12H2;2-6H,11H2,1H3,(H,12,13)/b9-6+,12-11+,15-8+,16-14+;;/t;14-,17-;/m.0./s1. The molecule has 63 heavy (non-hydrogen) atoms. The number of aryl methyl sites for hydroxylation is 1. The highest BCUT2D eigenvalue weighted by molar-refractivity contribution is 7.92. The molecule has 1 fully saturated rings. The zero-order valence-electron chi connectivity index (χ0n) is 36.8. The van der Waals surface area contributed by atoms with Crippen molar-refractivity contribution in [2.45, 2.75) is 78.0 Å². The molecule has 2 atom stereocenters. The molecule has 1 saturated heterocycles. The number of aromatic nitrogens is 1. The van der Waals surface area contributed by atoms with Crippen LogP contribution in [0.1, 0.15) is 77.5 Å². The van der Waals surface area contributed by atoms with E-state index < -0.39 is 16.0 Å². The van der Waals surface area contributed by atoms with E-state index in [1.165, 1.54) is 84.5 Å². The summed E-state index contributed by atoms with van der Waals surface area (Å²) in [4.78, 5) is 10.7. The Bertz CT molecular complexity index is 2430. The zero-order valence-corrected chi connectivity index (χ0v) is 37.6. The average Bonchev–Trinajstić information content (AvgIpc) is 3.88. The summed E-state index contributed by atoms with van der Waals surface area (Å²) in [5.41, 5.74) is 12.3. The second kappa shape index (κ2) is 22.3. The number of rotatable bonds is 12. The zero-order chi connectivity index (χ0) is 45.6. The third kappa shape index (κ3) is 14.7. The molecule has 5 N–H and O–H groups in total. The van der Waals surface area contributed by atoms with Crippen LogP contribution in [0.15, 0.2) is 141 Å². The number of hydrogen-bond donors (Lipinski definition) is 4. The number of ether oxygens (including phenoxy) is 3. The Balaban J connectivity index is 0.000000181. The fourth-order valence-corrected chi connectivity index (χ4v) is 8.53. The van der Waals surface area contributed by atoms with Crippen LogP contribution >= 0.6 is 0 Å². The van der Waals surface area contributed by atoms with E-state index in [2.05, 4.69) is 55.0 Å². The number of piperidine rings is 1. The maximum atomic E-state index is 13.2. The van der Waals surface area contributed by atoms with Crippen molar-refractivity contribution in [3.05, 3.63) is 149 Å². The van der Waals surface area contributed by atoms with Crippen LogP contribution in [0.2, 0.25) is 0 Å². The van der Waals surface area contributed by atoms with Crippen LogP contribution in [0.4, 0.5) is 15.9 Å². The predicted molar refractivity (Wildman–Crippen MR) is 245 cm³/mol. The highest BCUT2D eigenvalue weighted by atomic mass is 32.2. The molecule has 0 spiro atoms. The average molecular weight is 883 g/mol. The maximum absolute atomic E-state index is 13.2. The first-order valence-electron chi connectivity index (χ1n) is 20.9. The van der Waals surface area contributed by atoms with Gasteiger partial charge >= 0.3 is 5.97 Å². The third-order valence-electron chi connectivity index (χ3n) is 10.9. The quantitative estimate of drug-likeness (QED) is 0.0605. The number of carboxylic acids is 1. The number of nitrogens with two attached hydrogens (primary N) is 1. The second-order valence-corrected chi connectivity index (χ2v) is 18.2. The number of sulfonamides is 1. The van der Waals surface area contributed by atoms with Gasteiger partial charge in [0.1, 0.15) is 17.3 Å². The van der Waals surface area contributed by atoms with E-state index in [0.717, 1.165) is 47.9 Å². The van der Waals surface area contributed by atoms with Gasteiger partial charge in [-0.15, -0.1) is 0 Å². The molecule has 0 radical (unpaired) electrons. The second-order valence-electron chi connectivity index (χ2n) is 16.5. The highest BCUT2D eigenvalue weighted by Crippen LogP contribution is 2.41. The van der Waals surface area contributed by atoms with Gasteiger partial charge in [0.05, 0.1) is 11.5 Å². The molecule has 0 amide bonds. The van der Waals surface area contributed by atoms with Gasteiger partial charge in [0.2, 0.25) is 6.79 Å². The topological polar surface area (TPSA) is 175 Å². The van der Waals surface area contributed by atoms with Crippen molar-refractivity contribution in [2.24, 2.45) is 11.3 Å². The normalized spacial score (nSPS) is 18.7. The van der Waals surface area contributed by atoms with E-state index in [9.17, 15) is 17.6 Å². The molecule has 14 heteroatoms. The summed E-state index contributed by atoms with van der Waals surface area (Å²) in [6.45, 7) is 15.1. The Kier molecular flexibility index (Phi) is 17.0. The predicted octanol–water partition coefficient (Wildman–Crippen LogP) is 10.3. The lowest BCUT2D eigenvalue weighted by atomic mass is 9.72. The van der Waals surface area contributed by atoms with E-state index >= 15 is 0 Å². The lowest BCUT2D eigenvalue weighted by Crippen LogP contribution is -2.38. The highest BCUT2D eigenvalue weighted by Gasteiger charge is 2.28. The molecule has 3 aromatic carbocycles. The maximum Gasteiger partial charge on any atom is 0.328 e. The van der Waals surface area contributed by atoms with Gasteiger partial charge in [-0.3, -0.25) is 4.72 Å². The molecule has 1 aliphatic carbocycles. The molecule has 3 heterocycles. The summed E-state index contributed by atoms with van der Waals surface area (Å²) in [5.74, 6) is 2.55. The van der Waals surface area contributed by atoms with Gasteiger partial charge in [-0.2, -0.15) is 0 Å². The number of aliphatic carboxylic acids is 1. The molecule has 7 rings (SSSR count). The number of benzene rings is 3. The molecular formula is C49H59FN4O8S. The van der Waals surface area contributed by atoms with Crippen LogP contribution in [0.3, 0.4) is 0 Å². The van der Waals surface area contributed by atoms with Crippen LogP contribution < -0.4 is 30.0 Å². The summed E-state index contributed by atoms with van der Waals surface area (Å²) in [7, 11) is -3.64. The van der Waals surface area contributed by atoms with Crippen molar-refractivity contribution in [2.75, 3.05) is 36.9 Å². The number of carboxylic acid groups (broad SMARTS) is 1. The monoisotopic (exact) mass is 882 g/mol. The summed E-state index contributed by atoms with van der Waals surface area (Å²) in [6, 6.07) is 19.9. The number of nitrogens with one attached hydrogen (secondary N) is 2. The molecule has 4 aromatic rings. The van der Waals surface area contributed by atoms with Crippen molar-refractivity contribution in [3.8, 4) is 17.2 Å². The molecule has 2 aliphatic heterocycles. The first-order valence-corrected chi connectivity index (χ1v) is 22.4. The number of fused-ring (bicyclic) bond motifs is 1. The van der Waals surface area contributed by atoms with Gasteiger partial charge < -0.3 is 34.9 Å². The van der Waals surface area contributed by atoms with Crippen LogP contribution in [0.25, 0.3) is 0 Å². The van der Waals surface area contributed by atoms with E-state index in [4.69, 9.17) is 29.6 Å². The van der Waals surface area contributed by atoms with Crippen LogP contribution in [0.5, 0.6) is 17.2 Å². The minimum atomic E-state index is -3.64. The van der Waals surface area contributed by atoms with Gasteiger partial charge in [-0.25, -0.2) is 17.6 Å². The van der Waals surface area contributed by atoms with Crippen molar-refractivity contribution >= 4 is 27.5 Å². The molecule has 12 nitrogen and oxygen atoms in total. The molecule has 3 aliphatic rings. The van der Waals surface area contributed by atoms with Crippen molar-refractivity contribution in [1.29, 1.82) is 0 Å². The Hall–Kier alpha value is -6.12. The molecular weight excluding hydrogens is 824 g/mol. The molecule has 0 bridgehead atoms. The summed E-state index contributed by atoms with van der Waals surface area (Å²) >= 11 is 0. The molecule has 1 aromatic heterocycles. The minimum absolute atomic E-state index is 0.118. The Morgan fingerprint density at radius 1 is 1.02 bits per heavy atom. The molecule has 0 unspecified atom stereocenters. The summed E-state index contributed by atoms with van der Waals surface area (Å²) in [6.07, 6.45) is 16.0. The largest absolute Gasteiger partial charge is 0.493 e. The van der Waals surface area contributed by atoms with Gasteiger partial charge in [0, 0.05) is 36.4 Å². The van der Waals surface area contributed by atoms with Crippen molar-refractivity contribution in [1.82, 2.24) is 10.5 Å². The van der Waals surface area contributed by atoms with E-state index in [1.807, 2.05) is 42.5 Å². The lowest BCUT2D eigenvalue weighted by molar-refractivity contribution is -0.131. The summed E-state index contributed by atoms with van der Waals surface area (Å²) in [5, 5.41) is 15.6. The number of carbonyl (C=O) groups is 1. The van der Waals surface area contributed by atoms with E-state index in [-0.39, 0.29) is 28.7 Å². The first kappa shape index (κ1) is 47.9. The van der Waals surface area contributed by atoms with E-state index in [0.29, 0.717) is 29.9 Å². The van der Waals surface area contributed by atoms with Crippen molar-refractivity contribution in [3.63, 3.8) is 0 Å². The minimum Gasteiger partial charge on any atom is -0.493 e. The number of hydrogen-bond acceptors (Lipinski definition) is 10. The Morgan fingerprint density at radius 3 is 2.43 bits per heavy atom. The van der Waals surface area contributed by atoms with Crippen LogP contribution in [-0.4, -0.2) is 51.1 Å². The Morgan fingerprint density at radius 2 is 1.75 bits per heavy atom. The number of nitrogen functional groups attached to an aromatic ring is 1. The van der Waals surface area contributed by atoms with Gasteiger partial charge in [-0.1, -0.05) is 72.7 Å². The molecule has 336 valence electrons. The van der Waals surface area contributed by atoms with Crippen molar-refractivity contribution < 1.29 is 41.4 Å². The third-order valence-corrected chi connectivity index (χ3v) is 12.3. The van der Waals surface area contributed by atoms with Gasteiger partial charge in [0.15, 0.2) is 17.3 Å². The fourth-order valence-electron chi connectivity index (χ4n) is 7.55.